The molecule has 3 aromatic rings. The lowest BCUT2D eigenvalue weighted by Crippen LogP contribution is -1.98. The molecule has 0 saturated heterocycles. The minimum Gasteiger partial charge on any atom is -0.482 e. The molecule has 0 aliphatic heterocycles. The van der Waals surface area contributed by atoms with Gasteiger partial charge in [-0.05, 0) is 24.3 Å². The zero-order valence-electron chi connectivity index (χ0n) is 10.9. The van der Waals surface area contributed by atoms with E-state index in [2.05, 4.69) is 15.1 Å². The second-order valence-corrected chi connectivity index (χ2v) is 4.64. The second kappa shape index (κ2) is 5.80. The van der Waals surface area contributed by atoms with Gasteiger partial charge in [0.05, 0.1) is 10.7 Å². The van der Waals surface area contributed by atoms with Crippen LogP contribution in [0.5, 0.6) is 5.75 Å². The van der Waals surface area contributed by atoms with E-state index in [-0.39, 0.29) is 6.61 Å². The maximum atomic E-state index is 5.78. The van der Waals surface area contributed by atoms with Crippen molar-refractivity contribution in [3.05, 3.63) is 53.5 Å². The van der Waals surface area contributed by atoms with Gasteiger partial charge in [0.15, 0.2) is 6.61 Å². The van der Waals surface area contributed by atoms with Gasteiger partial charge in [-0.2, -0.15) is 4.98 Å². The summed E-state index contributed by atoms with van der Waals surface area (Å²) in [6.45, 7) is 0.134. The molecule has 2 heterocycles. The number of aromatic nitrogens is 3. The Morgan fingerprint density at radius 3 is 2.81 bits per heavy atom. The quantitative estimate of drug-likeness (QED) is 0.746. The van der Waals surface area contributed by atoms with Crippen LogP contribution in [0.2, 0.25) is 5.02 Å². The minimum absolute atomic E-state index is 0.134. The van der Waals surface area contributed by atoms with Gasteiger partial charge in [-0.25, -0.2) is 0 Å². The lowest BCUT2D eigenvalue weighted by Gasteiger charge is -2.05. The minimum atomic E-state index is 0.134. The third-order valence-corrected chi connectivity index (χ3v) is 2.92. The van der Waals surface area contributed by atoms with Gasteiger partial charge < -0.3 is 15.0 Å². The average molecular weight is 303 g/mol. The van der Waals surface area contributed by atoms with Crippen LogP contribution in [0.4, 0.5) is 5.69 Å². The molecule has 6 nitrogen and oxygen atoms in total. The van der Waals surface area contributed by atoms with E-state index >= 15 is 0 Å². The van der Waals surface area contributed by atoms with E-state index in [0.717, 1.165) is 0 Å². The van der Waals surface area contributed by atoms with Crippen molar-refractivity contribution in [3.63, 3.8) is 0 Å². The summed E-state index contributed by atoms with van der Waals surface area (Å²) >= 11 is 5.78. The lowest BCUT2D eigenvalue weighted by molar-refractivity contribution is 0.244. The molecule has 2 aromatic heterocycles. The summed E-state index contributed by atoms with van der Waals surface area (Å²) in [4.78, 5) is 8.32. The summed E-state index contributed by atoms with van der Waals surface area (Å²) in [7, 11) is 0. The Morgan fingerprint density at radius 1 is 1.19 bits per heavy atom. The second-order valence-electron chi connectivity index (χ2n) is 4.20. The molecule has 21 heavy (non-hydrogen) atoms. The highest BCUT2D eigenvalue weighted by atomic mass is 35.5. The van der Waals surface area contributed by atoms with Gasteiger partial charge in [-0.3, -0.25) is 4.98 Å². The van der Waals surface area contributed by atoms with E-state index in [1.165, 1.54) is 6.20 Å². The van der Waals surface area contributed by atoms with Gasteiger partial charge in [-0.1, -0.05) is 28.9 Å². The van der Waals surface area contributed by atoms with E-state index in [0.29, 0.717) is 33.9 Å². The topological polar surface area (TPSA) is 87.1 Å². The number of anilines is 1. The van der Waals surface area contributed by atoms with E-state index in [4.69, 9.17) is 26.6 Å². The van der Waals surface area contributed by atoms with Crippen LogP contribution in [0.3, 0.4) is 0 Å². The summed E-state index contributed by atoms with van der Waals surface area (Å²) in [6.07, 6.45) is 1.52. The number of benzene rings is 1. The molecular formula is C14H11ClN4O2. The van der Waals surface area contributed by atoms with Gasteiger partial charge in [0.2, 0.25) is 5.82 Å². The van der Waals surface area contributed by atoms with Crippen LogP contribution in [-0.4, -0.2) is 15.1 Å². The van der Waals surface area contributed by atoms with Crippen LogP contribution >= 0.6 is 11.6 Å². The van der Waals surface area contributed by atoms with Crippen LogP contribution in [0.25, 0.3) is 11.5 Å². The van der Waals surface area contributed by atoms with Crippen molar-refractivity contribution in [1.29, 1.82) is 0 Å². The summed E-state index contributed by atoms with van der Waals surface area (Å²) in [5.74, 6) is 1.29. The molecule has 106 valence electrons. The first kappa shape index (κ1) is 13.4. The predicted octanol–water partition coefficient (Wildman–Crippen LogP) is 2.95. The molecule has 0 spiro atoms. The standard InChI is InChI=1S/C14H11ClN4O2/c15-9-5-6-11(17-7-9)14-18-13(21-19-14)8-20-12-4-2-1-3-10(12)16/h1-7H,8,16H2. The number of rotatable bonds is 4. The number of nitrogens with zero attached hydrogens (tertiary/aromatic N) is 3. The first-order chi connectivity index (χ1) is 10.2. The van der Waals surface area contributed by atoms with Crippen LogP contribution in [0.15, 0.2) is 47.1 Å². The van der Waals surface area contributed by atoms with Gasteiger partial charge >= 0.3 is 0 Å². The Balaban J connectivity index is 1.71. The van der Waals surface area contributed by atoms with Crippen LogP contribution in [0, 0.1) is 0 Å². The van der Waals surface area contributed by atoms with Crippen molar-refractivity contribution in [2.75, 3.05) is 5.73 Å². The maximum Gasteiger partial charge on any atom is 0.264 e. The zero-order chi connectivity index (χ0) is 14.7. The Kier molecular flexibility index (Phi) is 3.70. The van der Waals surface area contributed by atoms with Crippen molar-refractivity contribution < 1.29 is 9.26 Å². The summed E-state index contributed by atoms with van der Waals surface area (Å²) in [5.41, 5.74) is 6.91. The smallest absolute Gasteiger partial charge is 0.264 e. The van der Waals surface area contributed by atoms with Crippen molar-refractivity contribution in [3.8, 4) is 17.3 Å². The van der Waals surface area contributed by atoms with Gasteiger partial charge in [0.25, 0.3) is 5.89 Å². The Hall–Kier alpha value is -2.60. The van der Waals surface area contributed by atoms with E-state index in [9.17, 15) is 0 Å². The Bertz CT molecular complexity index is 743. The molecule has 0 aliphatic carbocycles. The first-order valence-corrected chi connectivity index (χ1v) is 6.52. The monoisotopic (exact) mass is 302 g/mol. The zero-order valence-corrected chi connectivity index (χ0v) is 11.6. The molecule has 1 aromatic carbocycles. The molecule has 0 aliphatic rings. The highest BCUT2D eigenvalue weighted by molar-refractivity contribution is 6.30. The Labute approximate surface area is 125 Å². The molecule has 0 amide bonds. The van der Waals surface area contributed by atoms with E-state index in [1.807, 2.05) is 12.1 Å². The summed E-state index contributed by atoms with van der Waals surface area (Å²) in [6, 6.07) is 10.6. The molecule has 0 atom stereocenters. The largest absolute Gasteiger partial charge is 0.482 e. The molecule has 0 saturated carbocycles. The highest BCUT2D eigenvalue weighted by Crippen LogP contribution is 2.21. The van der Waals surface area contributed by atoms with Gasteiger partial charge in [0.1, 0.15) is 11.4 Å². The van der Waals surface area contributed by atoms with Crippen molar-refractivity contribution in [2.24, 2.45) is 0 Å². The van der Waals surface area contributed by atoms with Crippen LogP contribution in [-0.2, 0) is 6.61 Å². The average Bonchev–Trinajstić information content (AvgIpc) is 2.96. The maximum absolute atomic E-state index is 5.78. The number of para-hydroxylation sites is 2. The van der Waals surface area contributed by atoms with Crippen molar-refractivity contribution in [2.45, 2.75) is 6.61 Å². The van der Waals surface area contributed by atoms with E-state index in [1.54, 1.807) is 24.3 Å². The number of pyridine rings is 1. The molecular weight excluding hydrogens is 292 g/mol. The SMILES string of the molecule is Nc1ccccc1OCc1nc(-c2ccc(Cl)cn2)no1. The molecule has 7 heteroatoms. The molecule has 3 rings (SSSR count). The van der Waals surface area contributed by atoms with E-state index < -0.39 is 0 Å². The first-order valence-electron chi connectivity index (χ1n) is 6.14. The van der Waals surface area contributed by atoms with Gasteiger partial charge in [0, 0.05) is 6.20 Å². The number of nitrogen functional groups attached to an aromatic ring is 1. The lowest BCUT2D eigenvalue weighted by atomic mass is 10.3. The normalized spacial score (nSPS) is 10.5. The molecule has 0 fully saturated rings. The van der Waals surface area contributed by atoms with Gasteiger partial charge in [-0.15, -0.1) is 0 Å². The number of ether oxygens (including phenoxy) is 1. The number of hydrogen-bond acceptors (Lipinski definition) is 6. The predicted molar refractivity (Wildman–Crippen MR) is 77.7 cm³/mol. The number of hydrogen-bond donors (Lipinski definition) is 1. The van der Waals surface area contributed by atoms with Crippen molar-refractivity contribution in [1.82, 2.24) is 15.1 Å². The van der Waals surface area contributed by atoms with Crippen LogP contribution in [0.1, 0.15) is 5.89 Å². The number of halogens is 1. The fourth-order valence-electron chi connectivity index (χ4n) is 1.68. The molecule has 0 bridgehead atoms. The van der Waals surface area contributed by atoms with Crippen molar-refractivity contribution >= 4 is 17.3 Å². The highest BCUT2D eigenvalue weighted by Gasteiger charge is 2.10. The molecule has 0 radical (unpaired) electrons. The third kappa shape index (κ3) is 3.11. The molecule has 2 N–H and O–H groups in total. The molecule has 0 unspecified atom stereocenters. The van der Waals surface area contributed by atoms with Crippen LogP contribution < -0.4 is 10.5 Å². The fourth-order valence-corrected chi connectivity index (χ4v) is 1.79. The Morgan fingerprint density at radius 2 is 2.05 bits per heavy atom. The third-order valence-electron chi connectivity index (χ3n) is 2.69. The summed E-state index contributed by atoms with van der Waals surface area (Å²) < 4.78 is 10.6. The summed E-state index contributed by atoms with van der Waals surface area (Å²) in [5, 5.41) is 4.39. The fraction of sp³-hybridized carbons (Fsp3) is 0.0714. The number of nitrogens with two attached hydrogens (primary N) is 1.